The van der Waals surface area contributed by atoms with Gasteiger partial charge in [-0.25, -0.2) is 4.79 Å². The first kappa shape index (κ1) is 24.0. The van der Waals surface area contributed by atoms with Gasteiger partial charge in [-0.05, 0) is 77.1 Å². The third-order valence-corrected chi connectivity index (χ3v) is 7.74. The van der Waals surface area contributed by atoms with Crippen molar-refractivity contribution in [1.82, 2.24) is 4.90 Å². The second-order valence-corrected chi connectivity index (χ2v) is 11.5. The molecule has 1 amide bonds. The largest absolute Gasteiger partial charge is 0.508 e. The van der Waals surface area contributed by atoms with Crippen molar-refractivity contribution in [2.24, 2.45) is 11.8 Å². The number of phenols is 1. The summed E-state index contributed by atoms with van der Waals surface area (Å²) in [6.07, 6.45) is 3.13. The number of fused-ring (bicyclic) bond motifs is 4. The molecule has 35 heavy (non-hydrogen) atoms. The minimum Gasteiger partial charge on any atom is -0.508 e. The lowest BCUT2D eigenvalue weighted by atomic mass is 9.68. The fraction of sp³-hybridized carbons (Fsp3) is 0.552. The van der Waals surface area contributed by atoms with Crippen LogP contribution in [-0.2, 0) is 15.9 Å². The molecule has 188 valence electrons. The average molecular weight is 480 g/mol. The molecule has 0 bridgehead atoms. The van der Waals surface area contributed by atoms with Crippen LogP contribution in [0.2, 0.25) is 0 Å². The second-order valence-electron chi connectivity index (χ2n) is 11.5. The zero-order chi connectivity index (χ0) is 24.8. The van der Waals surface area contributed by atoms with Crippen molar-refractivity contribution in [3.8, 4) is 11.5 Å². The third-order valence-electron chi connectivity index (χ3n) is 7.74. The fourth-order valence-electron chi connectivity index (χ4n) is 5.95. The molecule has 2 aromatic rings. The molecule has 3 aliphatic rings. The van der Waals surface area contributed by atoms with E-state index in [9.17, 15) is 9.90 Å². The van der Waals surface area contributed by atoms with E-state index in [0.717, 1.165) is 37.0 Å². The van der Waals surface area contributed by atoms with Crippen LogP contribution < -0.4 is 4.74 Å². The lowest BCUT2D eigenvalue weighted by molar-refractivity contribution is -0.191. The number of ether oxygens (including phenoxy) is 3. The van der Waals surface area contributed by atoms with Gasteiger partial charge >= 0.3 is 6.09 Å². The van der Waals surface area contributed by atoms with Gasteiger partial charge in [0.2, 0.25) is 0 Å². The Morgan fingerprint density at radius 3 is 2.71 bits per heavy atom. The molecule has 0 unspecified atom stereocenters. The number of likely N-dealkylation sites (tertiary alicyclic amines) is 1. The molecular weight excluding hydrogens is 442 g/mol. The number of hydrogen-bond donors (Lipinski definition) is 1. The molecule has 0 radical (unpaired) electrons. The van der Waals surface area contributed by atoms with Crippen molar-refractivity contribution in [3.05, 3.63) is 59.7 Å². The number of phenolic OH excluding ortho intramolecular Hbond substituents is 1. The van der Waals surface area contributed by atoms with E-state index in [2.05, 4.69) is 31.2 Å². The molecule has 2 saturated heterocycles. The smallest absolute Gasteiger partial charge is 0.410 e. The van der Waals surface area contributed by atoms with Crippen LogP contribution in [0, 0.1) is 11.8 Å². The molecule has 1 N–H and O–H groups in total. The summed E-state index contributed by atoms with van der Waals surface area (Å²) in [4.78, 5) is 14.6. The lowest BCUT2D eigenvalue weighted by Gasteiger charge is -2.54. The maximum Gasteiger partial charge on any atom is 0.410 e. The van der Waals surface area contributed by atoms with Crippen LogP contribution in [0.4, 0.5) is 4.79 Å². The Labute approximate surface area is 208 Å². The topological polar surface area (TPSA) is 68.2 Å². The SMILES string of the molecule is CC(C)(C)OC(=O)N1CC[C@H]2O[C@H]3c4cc(O)ccc4O[C@@](C)(CCc4ccccc4)[C@@H]3C[C@@H]2C1. The Kier molecular flexibility index (Phi) is 6.20. The molecule has 0 aliphatic carbocycles. The summed E-state index contributed by atoms with van der Waals surface area (Å²) in [5, 5.41) is 10.2. The quantitative estimate of drug-likeness (QED) is 0.595. The van der Waals surface area contributed by atoms with Crippen LogP contribution in [0.25, 0.3) is 0 Å². The molecule has 5 atom stereocenters. The number of nitrogens with zero attached hydrogens (tertiary/aromatic N) is 1. The van der Waals surface area contributed by atoms with Gasteiger partial charge in [-0.15, -0.1) is 0 Å². The van der Waals surface area contributed by atoms with Crippen LogP contribution in [-0.4, -0.2) is 46.5 Å². The monoisotopic (exact) mass is 479 g/mol. The molecule has 0 saturated carbocycles. The molecular formula is C29H37NO5. The van der Waals surface area contributed by atoms with Gasteiger partial charge in [0.15, 0.2) is 0 Å². The van der Waals surface area contributed by atoms with E-state index in [1.54, 1.807) is 12.1 Å². The number of rotatable bonds is 3. The first-order valence-corrected chi connectivity index (χ1v) is 12.8. The Bertz CT molecular complexity index is 1060. The van der Waals surface area contributed by atoms with Crippen molar-refractivity contribution >= 4 is 6.09 Å². The standard InChI is InChI=1S/C29H37NO5/c1-28(2,3)35-27(32)30-15-13-24-20(18-30)16-23-26(33-24)22-17-21(31)10-11-25(22)34-29(23,4)14-12-19-8-6-5-7-9-19/h5-11,17,20,23-24,26,31H,12-16,18H2,1-4H3/t20-,23-,24-,26+,29+/m1/s1. The summed E-state index contributed by atoms with van der Waals surface area (Å²) in [7, 11) is 0. The molecule has 5 rings (SSSR count). The Hall–Kier alpha value is -2.73. The number of carbonyl (C=O) groups excluding carboxylic acids is 1. The summed E-state index contributed by atoms with van der Waals surface area (Å²) in [6, 6.07) is 15.8. The van der Waals surface area contributed by atoms with Crippen LogP contribution in [0.1, 0.15) is 64.2 Å². The maximum absolute atomic E-state index is 12.8. The van der Waals surface area contributed by atoms with E-state index >= 15 is 0 Å². The predicted molar refractivity (Wildman–Crippen MR) is 134 cm³/mol. The number of benzene rings is 2. The van der Waals surface area contributed by atoms with Gasteiger partial charge < -0.3 is 24.2 Å². The molecule has 2 fully saturated rings. The van der Waals surface area contributed by atoms with Crippen molar-refractivity contribution in [2.45, 2.75) is 76.8 Å². The summed E-state index contributed by atoms with van der Waals surface area (Å²) in [5.41, 5.74) is 1.28. The van der Waals surface area contributed by atoms with Gasteiger partial charge in [-0.3, -0.25) is 0 Å². The van der Waals surface area contributed by atoms with Crippen LogP contribution >= 0.6 is 0 Å². The molecule has 0 aromatic heterocycles. The number of piperidine rings is 1. The number of carbonyl (C=O) groups is 1. The van der Waals surface area contributed by atoms with E-state index < -0.39 is 11.2 Å². The first-order chi connectivity index (χ1) is 16.6. The second kappa shape index (κ2) is 9.05. The minimum atomic E-state index is -0.513. The van der Waals surface area contributed by atoms with Crippen molar-refractivity contribution in [3.63, 3.8) is 0 Å². The molecule has 6 nitrogen and oxygen atoms in total. The Morgan fingerprint density at radius 2 is 1.97 bits per heavy atom. The number of aromatic hydroxyl groups is 1. The third kappa shape index (κ3) is 4.99. The van der Waals surface area contributed by atoms with Gasteiger partial charge in [-0.2, -0.15) is 0 Å². The van der Waals surface area contributed by atoms with Crippen molar-refractivity contribution in [2.75, 3.05) is 13.1 Å². The normalized spacial score (nSPS) is 29.9. The highest BCUT2D eigenvalue weighted by atomic mass is 16.6. The molecule has 3 aliphatic heterocycles. The lowest BCUT2D eigenvalue weighted by Crippen LogP contribution is -2.57. The first-order valence-electron chi connectivity index (χ1n) is 12.8. The van der Waals surface area contributed by atoms with Gasteiger partial charge in [0.05, 0.1) is 12.2 Å². The van der Waals surface area contributed by atoms with Gasteiger partial charge in [0.25, 0.3) is 0 Å². The number of aryl methyl sites for hydroxylation is 1. The van der Waals surface area contributed by atoms with Crippen LogP contribution in [0.15, 0.2) is 48.5 Å². The summed E-state index contributed by atoms with van der Waals surface area (Å²) >= 11 is 0. The molecule has 0 spiro atoms. The maximum atomic E-state index is 12.8. The zero-order valence-corrected chi connectivity index (χ0v) is 21.2. The van der Waals surface area contributed by atoms with E-state index in [0.29, 0.717) is 13.1 Å². The van der Waals surface area contributed by atoms with Gasteiger partial charge in [-0.1, -0.05) is 30.3 Å². The minimum absolute atomic E-state index is 0.0709. The molecule has 6 heteroatoms. The van der Waals surface area contributed by atoms with Crippen LogP contribution in [0.5, 0.6) is 11.5 Å². The van der Waals surface area contributed by atoms with Gasteiger partial charge in [0, 0.05) is 30.5 Å². The predicted octanol–water partition coefficient (Wildman–Crippen LogP) is 5.88. The van der Waals surface area contributed by atoms with Crippen molar-refractivity contribution in [1.29, 1.82) is 0 Å². The highest BCUT2D eigenvalue weighted by Gasteiger charge is 2.53. The van der Waals surface area contributed by atoms with E-state index in [1.165, 1.54) is 5.56 Å². The Morgan fingerprint density at radius 1 is 1.20 bits per heavy atom. The summed E-state index contributed by atoms with van der Waals surface area (Å²) in [5.74, 6) is 1.35. The summed E-state index contributed by atoms with van der Waals surface area (Å²) in [6.45, 7) is 9.15. The number of hydrogen-bond acceptors (Lipinski definition) is 5. The highest BCUT2D eigenvalue weighted by Crippen LogP contribution is 2.54. The van der Waals surface area contributed by atoms with E-state index in [4.69, 9.17) is 14.2 Å². The summed E-state index contributed by atoms with van der Waals surface area (Å²) < 4.78 is 19.1. The molecule has 2 aromatic carbocycles. The van der Waals surface area contributed by atoms with Gasteiger partial charge in [0.1, 0.15) is 22.7 Å². The fourth-order valence-corrected chi connectivity index (χ4v) is 5.95. The highest BCUT2D eigenvalue weighted by molar-refractivity contribution is 5.68. The van der Waals surface area contributed by atoms with E-state index in [-0.39, 0.29) is 35.9 Å². The van der Waals surface area contributed by atoms with E-state index in [1.807, 2.05) is 37.8 Å². The zero-order valence-electron chi connectivity index (χ0n) is 21.2. The average Bonchev–Trinajstić information content (AvgIpc) is 2.82. The van der Waals surface area contributed by atoms with Crippen LogP contribution in [0.3, 0.4) is 0 Å². The Balaban J connectivity index is 1.40. The molecule has 3 heterocycles. The number of amides is 1. The van der Waals surface area contributed by atoms with Crippen molar-refractivity contribution < 1.29 is 24.1 Å².